The topological polar surface area (TPSA) is 69.7 Å². The number of anilines is 1. The molecule has 2 aliphatic rings. The Kier molecular flexibility index (Phi) is 5.23. The average Bonchev–Trinajstić information content (AvgIpc) is 2.90. The van der Waals surface area contributed by atoms with Crippen LogP contribution >= 0.6 is 12.4 Å². The van der Waals surface area contributed by atoms with Gasteiger partial charge in [0.2, 0.25) is 10.0 Å². The molecule has 2 heterocycles. The predicted octanol–water partition coefficient (Wildman–Crippen LogP) is 0.864. The Balaban J connectivity index is 0.00000192. The summed E-state index contributed by atoms with van der Waals surface area (Å²) in [5.74, 6) is 0.0228. The van der Waals surface area contributed by atoms with Gasteiger partial charge in [-0.3, -0.25) is 9.10 Å². The molecular weight excluding hydrogens is 338 g/mol. The van der Waals surface area contributed by atoms with Crippen LogP contribution in [0.1, 0.15) is 22.8 Å². The maximum Gasteiger partial charge on any atom is 0.254 e. The third kappa shape index (κ3) is 3.46. The highest BCUT2D eigenvalue weighted by molar-refractivity contribution is 7.92. The minimum Gasteiger partial charge on any atom is -0.333 e. The van der Waals surface area contributed by atoms with E-state index in [1.807, 2.05) is 17.9 Å². The number of piperazine rings is 1. The largest absolute Gasteiger partial charge is 0.333 e. The summed E-state index contributed by atoms with van der Waals surface area (Å²) in [6.07, 6.45) is 1.87. The van der Waals surface area contributed by atoms with E-state index in [1.54, 1.807) is 12.1 Å². The van der Waals surface area contributed by atoms with E-state index in [1.165, 1.54) is 10.6 Å². The first-order valence-electron chi connectivity index (χ1n) is 7.50. The molecule has 0 radical (unpaired) electrons. The number of hydrogen-bond acceptors (Lipinski definition) is 4. The number of benzene rings is 1. The van der Waals surface area contributed by atoms with E-state index in [9.17, 15) is 13.2 Å². The molecule has 1 N–H and O–H groups in total. The average molecular weight is 360 g/mol. The molecule has 1 aromatic carbocycles. The van der Waals surface area contributed by atoms with Crippen molar-refractivity contribution < 1.29 is 13.2 Å². The van der Waals surface area contributed by atoms with Gasteiger partial charge in [0.25, 0.3) is 5.91 Å². The number of fused-ring (bicyclic) bond motifs is 1. The second kappa shape index (κ2) is 6.67. The molecule has 1 unspecified atom stereocenters. The maximum absolute atomic E-state index is 12.7. The molecule has 1 amide bonds. The van der Waals surface area contributed by atoms with Crippen molar-refractivity contribution in [3.05, 3.63) is 29.3 Å². The van der Waals surface area contributed by atoms with Gasteiger partial charge in [-0.05, 0) is 37.1 Å². The number of rotatable bonds is 2. The molecule has 1 aromatic rings. The van der Waals surface area contributed by atoms with Gasteiger partial charge in [0.05, 0.1) is 11.9 Å². The highest BCUT2D eigenvalue weighted by Crippen LogP contribution is 2.31. The minimum absolute atomic E-state index is 0. The summed E-state index contributed by atoms with van der Waals surface area (Å²) in [6.45, 7) is 4.80. The van der Waals surface area contributed by atoms with Gasteiger partial charge < -0.3 is 10.2 Å². The molecular formula is C15H22ClN3O3S. The molecule has 8 heteroatoms. The van der Waals surface area contributed by atoms with Crippen LogP contribution in [-0.2, 0) is 16.4 Å². The van der Waals surface area contributed by atoms with Crippen LogP contribution in [-0.4, -0.2) is 57.7 Å². The van der Waals surface area contributed by atoms with Crippen molar-refractivity contribution in [3.63, 3.8) is 0 Å². The molecule has 1 atom stereocenters. The molecule has 0 bridgehead atoms. The zero-order valence-corrected chi connectivity index (χ0v) is 14.9. The number of nitrogens with zero attached hydrogens (tertiary/aromatic N) is 2. The Morgan fingerprint density at radius 1 is 1.30 bits per heavy atom. The van der Waals surface area contributed by atoms with Crippen molar-refractivity contribution in [1.29, 1.82) is 0 Å². The zero-order chi connectivity index (χ0) is 15.9. The third-order valence-electron chi connectivity index (χ3n) is 4.34. The van der Waals surface area contributed by atoms with E-state index in [0.717, 1.165) is 18.7 Å². The SMILES string of the molecule is CC1CNCCN1C(=O)c1ccc2c(c1)CCN2S(C)(=O)=O.Cl. The molecule has 3 rings (SSSR count). The Labute approximate surface area is 143 Å². The van der Waals surface area contributed by atoms with Gasteiger partial charge in [0, 0.05) is 37.8 Å². The van der Waals surface area contributed by atoms with Crippen LogP contribution in [0.25, 0.3) is 0 Å². The molecule has 23 heavy (non-hydrogen) atoms. The Morgan fingerprint density at radius 2 is 2.04 bits per heavy atom. The van der Waals surface area contributed by atoms with E-state index in [0.29, 0.717) is 30.8 Å². The summed E-state index contributed by atoms with van der Waals surface area (Å²) < 4.78 is 24.9. The maximum atomic E-state index is 12.7. The predicted molar refractivity (Wildman–Crippen MR) is 93.0 cm³/mol. The number of nitrogens with one attached hydrogen (secondary N) is 1. The molecule has 0 saturated carbocycles. The van der Waals surface area contributed by atoms with E-state index >= 15 is 0 Å². The number of halogens is 1. The first-order valence-corrected chi connectivity index (χ1v) is 9.35. The van der Waals surface area contributed by atoms with Gasteiger partial charge >= 0.3 is 0 Å². The first-order chi connectivity index (χ1) is 10.4. The fraction of sp³-hybridized carbons (Fsp3) is 0.533. The highest BCUT2D eigenvalue weighted by Gasteiger charge is 2.29. The molecule has 0 spiro atoms. The Hall–Kier alpha value is -1.31. The lowest BCUT2D eigenvalue weighted by Gasteiger charge is -2.34. The number of hydrogen-bond donors (Lipinski definition) is 1. The van der Waals surface area contributed by atoms with Crippen LogP contribution in [0.4, 0.5) is 5.69 Å². The van der Waals surface area contributed by atoms with Crippen LogP contribution < -0.4 is 9.62 Å². The van der Waals surface area contributed by atoms with Gasteiger partial charge in [0.15, 0.2) is 0 Å². The molecule has 2 aliphatic heterocycles. The lowest BCUT2D eigenvalue weighted by atomic mass is 10.1. The zero-order valence-electron chi connectivity index (χ0n) is 13.3. The normalized spacial score (nSPS) is 20.9. The Morgan fingerprint density at radius 3 is 2.70 bits per heavy atom. The van der Waals surface area contributed by atoms with Gasteiger partial charge in [-0.2, -0.15) is 0 Å². The summed E-state index contributed by atoms with van der Waals surface area (Å²) in [7, 11) is -3.25. The van der Waals surface area contributed by atoms with Gasteiger partial charge in [-0.1, -0.05) is 0 Å². The smallest absolute Gasteiger partial charge is 0.254 e. The minimum atomic E-state index is -3.25. The van der Waals surface area contributed by atoms with Crippen molar-refractivity contribution >= 4 is 34.0 Å². The number of amides is 1. The van der Waals surface area contributed by atoms with E-state index in [-0.39, 0.29) is 24.4 Å². The standard InChI is InChI=1S/C15H21N3O3S.ClH/c1-11-10-16-6-8-17(11)15(19)13-3-4-14-12(9-13)5-7-18(14)22(2,20)21;/h3-4,9,11,16H,5-8,10H2,1-2H3;1H. The number of carbonyl (C=O) groups excluding carboxylic acids is 1. The monoisotopic (exact) mass is 359 g/mol. The van der Waals surface area contributed by atoms with E-state index < -0.39 is 10.0 Å². The van der Waals surface area contributed by atoms with Crippen molar-refractivity contribution in [2.24, 2.45) is 0 Å². The highest BCUT2D eigenvalue weighted by atomic mass is 35.5. The van der Waals surface area contributed by atoms with Crippen molar-refractivity contribution in [1.82, 2.24) is 10.2 Å². The molecule has 128 valence electrons. The van der Waals surface area contributed by atoms with Crippen molar-refractivity contribution in [2.45, 2.75) is 19.4 Å². The first kappa shape index (κ1) is 18.0. The van der Waals surface area contributed by atoms with Crippen molar-refractivity contribution in [3.8, 4) is 0 Å². The van der Waals surface area contributed by atoms with Crippen LogP contribution in [0.5, 0.6) is 0 Å². The fourth-order valence-electron chi connectivity index (χ4n) is 3.16. The molecule has 0 aromatic heterocycles. The Bertz CT molecular complexity index is 708. The quantitative estimate of drug-likeness (QED) is 0.850. The molecule has 1 saturated heterocycles. The fourth-order valence-corrected chi connectivity index (χ4v) is 4.12. The van der Waals surface area contributed by atoms with E-state index in [2.05, 4.69) is 5.32 Å². The lowest BCUT2D eigenvalue weighted by Crippen LogP contribution is -2.52. The summed E-state index contributed by atoms with van der Waals surface area (Å²) in [6, 6.07) is 5.50. The second-order valence-corrected chi connectivity index (χ2v) is 7.89. The summed E-state index contributed by atoms with van der Waals surface area (Å²) in [5, 5.41) is 3.27. The lowest BCUT2D eigenvalue weighted by molar-refractivity contribution is 0.0655. The van der Waals surface area contributed by atoms with Gasteiger partial charge in [-0.25, -0.2) is 8.42 Å². The number of sulfonamides is 1. The van der Waals surface area contributed by atoms with Crippen LogP contribution in [0.2, 0.25) is 0 Å². The molecule has 0 aliphatic carbocycles. The molecule has 6 nitrogen and oxygen atoms in total. The number of carbonyl (C=O) groups is 1. The van der Waals surface area contributed by atoms with Crippen molar-refractivity contribution in [2.75, 3.05) is 36.7 Å². The summed E-state index contributed by atoms with van der Waals surface area (Å²) >= 11 is 0. The second-order valence-electron chi connectivity index (χ2n) is 5.98. The molecule has 1 fully saturated rings. The van der Waals surface area contributed by atoms with Crippen LogP contribution in [0, 0.1) is 0 Å². The van der Waals surface area contributed by atoms with Crippen LogP contribution in [0.15, 0.2) is 18.2 Å². The van der Waals surface area contributed by atoms with Crippen LogP contribution in [0.3, 0.4) is 0 Å². The summed E-state index contributed by atoms with van der Waals surface area (Å²) in [5.41, 5.74) is 2.27. The third-order valence-corrected chi connectivity index (χ3v) is 5.52. The summed E-state index contributed by atoms with van der Waals surface area (Å²) in [4.78, 5) is 14.5. The van der Waals surface area contributed by atoms with Gasteiger partial charge in [0.1, 0.15) is 0 Å². The van der Waals surface area contributed by atoms with E-state index in [4.69, 9.17) is 0 Å². The van der Waals surface area contributed by atoms with Gasteiger partial charge in [-0.15, -0.1) is 12.4 Å².